The Morgan fingerprint density at radius 1 is 1.07 bits per heavy atom. The second kappa shape index (κ2) is 3.76. The summed E-state index contributed by atoms with van der Waals surface area (Å²) in [7, 11) is 0. The van der Waals surface area contributed by atoms with Gasteiger partial charge in [0.15, 0.2) is 0 Å². The predicted octanol–water partition coefficient (Wildman–Crippen LogP) is 3.58. The van der Waals surface area contributed by atoms with Crippen LogP contribution in [0.2, 0.25) is 0 Å². The molecule has 0 radical (unpaired) electrons. The smallest absolute Gasteiger partial charge is 0.00179 e. The van der Waals surface area contributed by atoms with Gasteiger partial charge >= 0.3 is 0 Å². The fourth-order valence-electron chi connectivity index (χ4n) is 3.53. The molecule has 0 aromatic heterocycles. The van der Waals surface area contributed by atoms with Crippen LogP contribution in [0.3, 0.4) is 0 Å². The summed E-state index contributed by atoms with van der Waals surface area (Å²) in [5, 5.41) is 0. The summed E-state index contributed by atoms with van der Waals surface area (Å²) in [6.07, 6.45) is 8.54. The van der Waals surface area contributed by atoms with Gasteiger partial charge in [-0.25, -0.2) is 0 Å². The lowest BCUT2D eigenvalue weighted by molar-refractivity contribution is 0.0766. The zero-order chi connectivity index (χ0) is 11.1. The largest absolute Gasteiger partial charge is 0.330 e. The van der Waals surface area contributed by atoms with Gasteiger partial charge in [-0.3, -0.25) is 0 Å². The Hall–Kier alpha value is -0.0400. The van der Waals surface area contributed by atoms with Gasteiger partial charge in [0.1, 0.15) is 0 Å². The standard InChI is InChI=1S/C14H27N/c1-13(2,3)11-6-8-14(10-15,9-7-11)12-4-5-12/h11-12H,4-10,15H2,1-3H3. The minimum absolute atomic E-state index is 0.504. The summed E-state index contributed by atoms with van der Waals surface area (Å²) in [6.45, 7) is 8.12. The van der Waals surface area contributed by atoms with Crippen molar-refractivity contribution in [1.29, 1.82) is 0 Å². The van der Waals surface area contributed by atoms with Crippen molar-refractivity contribution in [3.8, 4) is 0 Å². The van der Waals surface area contributed by atoms with Gasteiger partial charge in [-0.15, -0.1) is 0 Å². The van der Waals surface area contributed by atoms with Crippen molar-refractivity contribution < 1.29 is 0 Å². The molecule has 2 aliphatic carbocycles. The zero-order valence-corrected chi connectivity index (χ0v) is 10.7. The molecule has 0 spiro atoms. The Labute approximate surface area is 94.8 Å². The molecule has 0 aromatic rings. The summed E-state index contributed by atoms with van der Waals surface area (Å²) in [5.41, 5.74) is 7.10. The molecular weight excluding hydrogens is 182 g/mol. The van der Waals surface area contributed by atoms with Crippen molar-refractivity contribution in [1.82, 2.24) is 0 Å². The monoisotopic (exact) mass is 209 g/mol. The first-order valence-corrected chi connectivity index (χ1v) is 6.68. The van der Waals surface area contributed by atoms with E-state index in [1.807, 2.05) is 0 Å². The Morgan fingerprint density at radius 3 is 1.93 bits per heavy atom. The van der Waals surface area contributed by atoms with Gasteiger partial charge in [0.25, 0.3) is 0 Å². The van der Waals surface area contributed by atoms with Crippen LogP contribution in [0.25, 0.3) is 0 Å². The molecule has 2 aliphatic rings. The van der Waals surface area contributed by atoms with Crippen molar-refractivity contribution in [2.24, 2.45) is 28.4 Å². The molecule has 0 aliphatic heterocycles. The van der Waals surface area contributed by atoms with Gasteiger partial charge < -0.3 is 5.73 Å². The highest BCUT2D eigenvalue weighted by molar-refractivity contribution is 4.98. The Bertz CT molecular complexity index is 214. The van der Waals surface area contributed by atoms with Crippen LogP contribution in [0.1, 0.15) is 59.3 Å². The zero-order valence-electron chi connectivity index (χ0n) is 10.7. The van der Waals surface area contributed by atoms with Gasteiger partial charge in [-0.2, -0.15) is 0 Å². The van der Waals surface area contributed by atoms with E-state index in [4.69, 9.17) is 5.73 Å². The van der Waals surface area contributed by atoms with Gasteiger partial charge in [-0.1, -0.05) is 20.8 Å². The SMILES string of the molecule is CC(C)(C)C1CCC(CN)(C2CC2)CC1. The van der Waals surface area contributed by atoms with Crippen LogP contribution >= 0.6 is 0 Å². The van der Waals surface area contributed by atoms with Gasteiger partial charge in [0.05, 0.1) is 0 Å². The molecule has 0 bridgehead atoms. The summed E-state index contributed by atoms with van der Waals surface area (Å²) < 4.78 is 0. The molecule has 0 atom stereocenters. The molecule has 15 heavy (non-hydrogen) atoms. The lowest BCUT2D eigenvalue weighted by Gasteiger charge is -2.44. The molecule has 1 heteroatoms. The third kappa shape index (κ3) is 2.22. The fourth-order valence-corrected chi connectivity index (χ4v) is 3.53. The highest BCUT2D eigenvalue weighted by atomic mass is 14.7. The quantitative estimate of drug-likeness (QED) is 0.739. The maximum absolute atomic E-state index is 6.03. The van der Waals surface area contributed by atoms with E-state index in [2.05, 4.69) is 20.8 Å². The molecule has 2 saturated carbocycles. The number of nitrogens with two attached hydrogens (primary N) is 1. The second-order valence-corrected chi connectivity index (χ2v) is 6.98. The number of hydrogen-bond acceptors (Lipinski definition) is 1. The van der Waals surface area contributed by atoms with Crippen molar-refractivity contribution in [3.63, 3.8) is 0 Å². The molecule has 0 amide bonds. The lowest BCUT2D eigenvalue weighted by Crippen LogP contribution is -2.39. The average Bonchev–Trinajstić information content (AvgIpc) is 3.00. The van der Waals surface area contributed by atoms with E-state index in [0.29, 0.717) is 10.8 Å². The van der Waals surface area contributed by atoms with Crippen molar-refractivity contribution in [2.75, 3.05) is 6.54 Å². The molecular formula is C14H27N. The molecule has 2 N–H and O–H groups in total. The van der Waals surface area contributed by atoms with Crippen LogP contribution in [0, 0.1) is 22.7 Å². The fraction of sp³-hybridized carbons (Fsp3) is 1.00. The lowest BCUT2D eigenvalue weighted by atomic mass is 9.62. The third-order valence-corrected chi connectivity index (χ3v) is 5.06. The minimum Gasteiger partial charge on any atom is -0.330 e. The summed E-state index contributed by atoms with van der Waals surface area (Å²) in [4.78, 5) is 0. The molecule has 0 heterocycles. The topological polar surface area (TPSA) is 26.0 Å². The summed E-state index contributed by atoms with van der Waals surface area (Å²) in [6, 6.07) is 0. The highest BCUT2D eigenvalue weighted by Crippen LogP contribution is 2.55. The Kier molecular flexibility index (Phi) is 2.87. The van der Waals surface area contributed by atoms with E-state index >= 15 is 0 Å². The van der Waals surface area contributed by atoms with Crippen LogP contribution < -0.4 is 5.73 Å². The summed E-state index contributed by atoms with van der Waals surface area (Å²) >= 11 is 0. The highest BCUT2D eigenvalue weighted by Gasteiger charge is 2.47. The number of rotatable bonds is 2. The molecule has 2 fully saturated rings. The first-order valence-electron chi connectivity index (χ1n) is 6.68. The number of hydrogen-bond donors (Lipinski definition) is 1. The minimum atomic E-state index is 0.504. The van der Waals surface area contributed by atoms with Crippen LogP contribution in [-0.2, 0) is 0 Å². The van der Waals surface area contributed by atoms with Crippen LogP contribution in [-0.4, -0.2) is 6.54 Å². The van der Waals surface area contributed by atoms with Crippen LogP contribution in [0.4, 0.5) is 0 Å². The molecule has 0 unspecified atom stereocenters. The molecule has 0 aromatic carbocycles. The average molecular weight is 209 g/mol. The van der Waals surface area contributed by atoms with E-state index < -0.39 is 0 Å². The van der Waals surface area contributed by atoms with Gasteiger partial charge in [-0.05, 0) is 67.7 Å². The van der Waals surface area contributed by atoms with Gasteiger partial charge in [0, 0.05) is 0 Å². The molecule has 2 rings (SSSR count). The normalized spacial score (nSPS) is 38.0. The predicted molar refractivity (Wildman–Crippen MR) is 65.6 cm³/mol. The molecule has 88 valence electrons. The van der Waals surface area contributed by atoms with E-state index in [1.165, 1.54) is 38.5 Å². The van der Waals surface area contributed by atoms with E-state index in [0.717, 1.165) is 18.4 Å². The maximum atomic E-state index is 6.03. The first kappa shape index (κ1) is 11.4. The third-order valence-electron chi connectivity index (χ3n) is 5.06. The maximum Gasteiger partial charge on any atom is -0.00179 e. The Morgan fingerprint density at radius 2 is 1.60 bits per heavy atom. The van der Waals surface area contributed by atoms with Crippen molar-refractivity contribution in [3.05, 3.63) is 0 Å². The van der Waals surface area contributed by atoms with E-state index in [1.54, 1.807) is 0 Å². The van der Waals surface area contributed by atoms with Crippen LogP contribution in [0.5, 0.6) is 0 Å². The van der Waals surface area contributed by atoms with Crippen molar-refractivity contribution >= 4 is 0 Å². The second-order valence-electron chi connectivity index (χ2n) is 6.98. The van der Waals surface area contributed by atoms with E-state index in [-0.39, 0.29) is 0 Å². The first-order chi connectivity index (χ1) is 6.98. The van der Waals surface area contributed by atoms with E-state index in [9.17, 15) is 0 Å². The summed E-state index contributed by atoms with van der Waals surface area (Å²) in [5.74, 6) is 1.92. The van der Waals surface area contributed by atoms with Gasteiger partial charge in [0.2, 0.25) is 0 Å². The van der Waals surface area contributed by atoms with Crippen molar-refractivity contribution in [2.45, 2.75) is 59.3 Å². The molecule has 0 saturated heterocycles. The molecule has 1 nitrogen and oxygen atoms in total. The Balaban J connectivity index is 1.95. The van der Waals surface area contributed by atoms with Crippen LogP contribution in [0.15, 0.2) is 0 Å².